The molecule has 1 aromatic carbocycles. The molecule has 6 nitrogen and oxygen atoms in total. The minimum absolute atomic E-state index is 0.359. The fourth-order valence-corrected chi connectivity index (χ4v) is 3.77. The molecule has 0 bridgehead atoms. The van der Waals surface area contributed by atoms with Crippen LogP contribution in [-0.2, 0) is 13.0 Å². The largest absolute Gasteiger partial charge is 0.368 e. The van der Waals surface area contributed by atoms with E-state index in [4.69, 9.17) is 5.73 Å². The van der Waals surface area contributed by atoms with Crippen molar-refractivity contribution in [2.75, 3.05) is 48.8 Å². The summed E-state index contributed by atoms with van der Waals surface area (Å²) in [6.07, 6.45) is 1.03. The van der Waals surface area contributed by atoms with Gasteiger partial charge in [0, 0.05) is 44.8 Å². The number of nitrogens with two attached hydrogens (primary N) is 1. The molecule has 2 aliphatic heterocycles. The number of benzene rings is 1. The van der Waals surface area contributed by atoms with E-state index in [1.54, 1.807) is 0 Å². The SMILES string of the molecule is CC1Cc2ccccc2CN1c1cc(N2CCN(C)CC2)nc(N)n1. The fraction of sp³-hybridized carbons (Fsp3) is 0.474. The Morgan fingerprint density at radius 2 is 1.68 bits per heavy atom. The van der Waals surface area contributed by atoms with Crippen molar-refractivity contribution in [3.05, 3.63) is 41.5 Å². The van der Waals surface area contributed by atoms with Crippen LogP contribution in [0, 0.1) is 0 Å². The molecule has 2 aromatic rings. The molecule has 1 atom stereocenters. The van der Waals surface area contributed by atoms with E-state index >= 15 is 0 Å². The summed E-state index contributed by atoms with van der Waals surface area (Å²) >= 11 is 0. The lowest BCUT2D eigenvalue weighted by Gasteiger charge is -2.37. The molecule has 0 amide bonds. The monoisotopic (exact) mass is 338 g/mol. The highest BCUT2D eigenvalue weighted by atomic mass is 15.3. The van der Waals surface area contributed by atoms with Gasteiger partial charge in [0.25, 0.3) is 0 Å². The van der Waals surface area contributed by atoms with Gasteiger partial charge in [0.2, 0.25) is 5.95 Å². The third-order valence-electron chi connectivity index (χ3n) is 5.34. The maximum Gasteiger partial charge on any atom is 0.223 e. The molecule has 1 fully saturated rings. The Hall–Kier alpha value is -2.34. The zero-order chi connectivity index (χ0) is 17.4. The number of nitrogen functional groups attached to an aromatic ring is 1. The lowest BCUT2D eigenvalue weighted by atomic mass is 9.95. The number of nitrogens with zero attached hydrogens (tertiary/aromatic N) is 5. The molecule has 6 heteroatoms. The van der Waals surface area contributed by atoms with Gasteiger partial charge in [-0.1, -0.05) is 24.3 Å². The van der Waals surface area contributed by atoms with Crippen LogP contribution in [0.1, 0.15) is 18.1 Å². The molecule has 1 aromatic heterocycles. The average molecular weight is 338 g/mol. The van der Waals surface area contributed by atoms with Gasteiger partial charge in [-0.25, -0.2) is 0 Å². The molecule has 132 valence electrons. The van der Waals surface area contributed by atoms with Gasteiger partial charge in [0.1, 0.15) is 11.6 Å². The van der Waals surface area contributed by atoms with Crippen molar-refractivity contribution < 1.29 is 0 Å². The maximum atomic E-state index is 6.05. The molecule has 2 aliphatic rings. The van der Waals surface area contributed by atoms with Crippen molar-refractivity contribution in [1.82, 2.24) is 14.9 Å². The zero-order valence-electron chi connectivity index (χ0n) is 15.0. The van der Waals surface area contributed by atoms with Crippen molar-refractivity contribution in [2.45, 2.75) is 25.9 Å². The number of hydrogen-bond donors (Lipinski definition) is 1. The number of hydrogen-bond acceptors (Lipinski definition) is 6. The molecule has 0 radical (unpaired) electrons. The molecule has 0 spiro atoms. The highest BCUT2D eigenvalue weighted by Crippen LogP contribution is 2.29. The van der Waals surface area contributed by atoms with Crippen LogP contribution in [0.5, 0.6) is 0 Å². The minimum atomic E-state index is 0.359. The zero-order valence-corrected chi connectivity index (χ0v) is 15.0. The first-order valence-corrected chi connectivity index (χ1v) is 9.01. The van der Waals surface area contributed by atoms with Gasteiger partial charge in [-0.15, -0.1) is 0 Å². The number of anilines is 3. The summed E-state index contributed by atoms with van der Waals surface area (Å²) in [5.74, 6) is 2.24. The van der Waals surface area contributed by atoms with E-state index in [1.807, 2.05) is 0 Å². The van der Waals surface area contributed by atoms with Gasteiger partial charge in [-0.3, -0.25) is 0 Å². The molecule has 0 aliphatic carbocycles. The molecule has 0 saturated carbocycles. The lowest BCUT2D eigenvalue weighted by molar-refractivity contribution is 0.312. The summed E-state index contributed by atoms with van der Waals surface area (Å²) in [5, 5.41) is 0. The van der Waals surface area contributed by atoms with Crippen molar-refractivity contribution >= 4 is 17.6 Å². The standard InChI is InChI=1S/C19H26N6/c1-14-11-15-5-3-4-6-16(15)13-25(14)18-12-17(21-19(20)22-18)24-9-7-23(2)8-10-24/h3-6,12,14H,7-11,13H2,1-2H3,(H2,20,21,22). The predicted octanol–water partition coefficient (Wildman–Crippen LogP) is 1.76. The summed E-state index contributed by atoms with van der Waals surface area (Å²) in [5.41, 5.74) is 8.87. The van der Waals surface area contributed by atoms with E-state index in [9.17, 15) is 0 Å². The number of rotatable bonds is 2. The Bertz CT molecular complexity index is 753. The second-order valence-electron chi connectivity index (χ2n) is 7.18. The second kappa shape index (κ2) is 6.52. The predicted molar refractivity (Wildman–Crippen MR) is 102 cm³/mol. The van der Waals surface area contributed by atoms with Crippen molar-refractivity contribution in [3.63, 3.8) is 0 Å². The molecule has 2 N–H and O–H groups in total. The third kappa shape index (κ3) is 3.26. The minimum Gasteiger partial charge on any atom is -0.368 e. The van der Waals surface area contributed by atoms with Crippen LogP contribution >= 0.6 is 0 Å². The summed E-state index contributed by atoms with van der Waals surface area (Å²) in [6, 6.07) is 11.2. The third-order valence-corrected chi connectivity index (χ3v) is 5.34. The van der Waals surface area contributed by atoms with Gasteiger partial charge in [0.05, 0.1) is 0 Å². The van der Waals surface area contributed by atoms with Gasteiger partial charge in [-0.05, 0) is 31.5 Å². The van der Waals surface area contributed by atoms with E-state index < -0.39 is 0 Å². The van der Waals surface area contributed by atoms with Crippen LogP contribution in [0.15, 0.2) is 30.3 Å². The van der Waals surface area contributed by atoms with E-state index in [2.05, 4.69) is 69.0 Å². The van der Waals surface area contributed by atoms with Gasteiger partial charge >= 0.3 is 0 Å². The molecule has 4 rings (SSSR count). The fourth-order valence-electron chi connectivity index (χ4n) is 3.77. The Morgan fingerprint density at radius 3 is 2.44 bits per heavy atom. The van der Waals surface area contributed by atoms with Crippen molar-refractivity contribution in [1.29, 1.82) is 0 Å². The highest BCUT2D eigenvalue weighted by Gasteiger charge is 2.25. The van der Waals surface area contributed by atoms with Crippen molar-refractivity contribution in [2.24, 2.45) is 0 Å². The lowest BCUT2D eigenvalue weighted by Crippen LogP contribution is -2.45. The second-order valence-corrected chi connectivity index (χ2v) is 7.18. The van der Waals surface area contributed by atoms with Crippen LogP contribution < -0.4 is 15.5 Å². The first-order valence-electron chi connectivity index (χ1n) is 9.01. The normalized spacial score (nSPS) is 21.3. The number of piperazine rings is 1. The maximum absolute atomic E-state index is 6.05. The Balaban J connectivity index is 1.62. The van der Waals surface area contributed by atoms with Crippen molar-refractivity contribution in [3.8, 4) is 0 Å². The first-order chi connectivity index (χ1) is 12.1. The van der Waals surface area contributed by atoms with E-state index in [1.165, 1.54) is 11.1 Å². The summed E-state index contributed by atoms with van der Waals surface area (Å²) in [7, 11) is 2.16. The number of fused-ring (bicyclic) bond motifs is 1. The number of aromatic nitrogens is 2. The Kier molecular flexibility index (Phi) is 4.21. The molecule has 1 unspecified atom stereocenters. The Morgan fingerprint density at radius 1 is 1.00 bits per heavy atom. The molecule has 1 saturated heterocycles. The quantitative estimate of drug-likeness (QED) is 0.900. The molecular weight excluding hydrogens is 312 g/mol. The number of likely N-dealkylation sites (N-methyl/N-ethyl adjacent to an activating group) is 1. The topological polar surface area (TPSA) is 61.5 Å². The Labute approximate surface area is 149 Å². The van der Waals surface area contributed by atoms with Crippen LogP contribution in [0.25, 0.3) is 0 Å². The first kappa shape index (κ1) is 16.1. The van der Waals surface area contributed by atoms with Crippen LogP contribution in [-0.4, -0.2) is 54.1 Å². The highest BCUT2D eigenvalue weighted by molar-refractivity contribution is 5.56. The van der Waals surface area contributed by atoms with E-state index in [-0.39, 0.29) is 0 Å². The molecular formula is C19H26N6. The average Bonchev–Trinajstić information content (AvgIpc) is 2.61. The van der Waals surface area contributed by atoms with Gasteiger partial charge in [-0.2, -0.15) is 9.97 Å². The summed E-state index contributed by atoms with van der Waals surface area (Å²) < 4.78 is 0. The summed E-state index contributed by atoms with van der Waals surface area (Å²) in [6.45, 7) is 7.18. The van der Waals surface area contributed by atoms with Gasteiger partial charge in [0.15, 0.2) is 0 Å². The van der Waals surface area contributed by atoms with Crippen LogP contribution in [0.4, 0.5) is 17.6 Å². The smallest absolute Gasteiger partial charge is 0.223 e. The van der Waals surface area contributed by atoms with Crippen LogP contribution in [0.3, 0.4) is 0 Å². The molecule has 3 heterocycles. The summed E-state index contributed by atoms with van der Waals surface area (Å²) in [4.78, 5) is 16.0. The van der Waals surface area contributed by atoms with E-state index in [0.717, 1.165) is 50.8 Å². The van der Waals surface area contributed by atoms with E-state index in [0.29, 0.717) is 12.0 Å². The van der Waals surface area contributed by atoms with Crippen LogP contribution in [0.2, 0.25) is 0 Å². The van der Waals surface area contributed by atoms with Gasteiger partial charge < -0.3 is 20.4 Å². The molecule has 25 heavy (non-hydrogen) atoms.